The quantitative estimate of drug-likeness (QED) is 0.736. The summed E-state index contributed by atoms with van der Waals surface area (Å²) in [5.41, 5.74) is 1.48. The number of ether oxygens (including phenoxy) is 3. The topological polar surface area (TPSA) is 56.8 Å². The summed E-state index contributed by atoms with van der Waals surface area (Å²) in [7, 11) is 1.56. The maximum atomic E-state index is 12.5. The maximum absolute atomic E-state index is 12.5. The molecule has 2 aromatic rings. The van der Waals surface area contributed by atoms with Crippen molar-refractivity contribution >= 4 is 11.6 Å². The van der Waals surface area contributed by atoms with Gasteiger partial charge in [-0.1, -0.05) is 30.8 Å². The number of hydrogen-bond acceptors (Lipinski definition) is 4. The molecule has 1 N–H and O–H groups in total. The Kier molecular flexibility index (Phi) is 6.46. The number of hydrogen-bond donors (Lipinski definition) is 1. The lowest BCUT2D eigenvalue weighted by Gasteiger charge is -2.18. The SMILES string of the molecule is C=C(C)COc1ccccc1NC(=O)C(C)Oc1ccccc1OC. The predicted molar refractivity (Wildman–Crippen MR) is 98.5 cm³/mol. The maximum Gasteiger partial charge on any atom is 0.265 e. The third-order valence-corrected chi connectivity index (χ3v) is 3.36. The number of rotatable bonds is 8. The Hall–Kier alpha value is -2.95. The fourth-order valence-electron chi connectivity index (χ4n) is 2.09. The molecule has 0 aromatic heterocycles. The normalized spacial score (nSPS) is 11.3. The summed E-state index contributed by atoms with van der Waals surface area (Å²) in [5, 5.41) is 2.83. The van der Waals surface area contributed by atoms with Gasteiger partial charge in [-0.3, -0.25) is 4.79 Å². The number of carbonyl (C=O) groups is 1. The first-order valence-electron chi connectivity index (χ1n) is 7.98. The molecule has 0 heterocycles. The van der Waals surface area contributed by atoms with Crippen molar-refractivity contribution in [2.45, 2.75) is 20.0 Å². The van der Waals surface area contributed by atoms with Gasteiger partial charge in [0.25, 0.3) is 5.91 Å². The van der Waals surface area contributed by atoms with Crippen molar-refractivity contribution < 1.29 is 19.0 Å². The lowest BCUT2D eigenvalue weighted by molar-refractivity contribution is -0.122. The van der Waals surface area contributed by atoms with Gasteiger partial charge in [-0.05, 0) is 43.7 Å². The summed E-state index contributed by atoms with van der Waals surface area (Å²) in [6.45, 7) is 7.76. The molecule has 0 radical (unpaired) electrons. The zero-order valence-corrected chi connectivity index (χ0v) is 14.7. The van der Waals surface area contributed by atoms with Gasteiger partial charge in [-0.15, -0.1) is 0 Å². The summed E-state index contributed by atoms with van der Waals surface area (Å²) in [5.74, 6) is 1.40. The van der Waals surface area contributed by atoms with Crippen LogP contribution in [-0.4, -0.2) is 25.7 Å². The molecule has 0 fully saturated rings. The molecule has 0 aliphatic rings. The number of methoxy groups -OCH3 is 1. The molecule has 0 spiro atoms. The number of amides is 1. The summed E-state index contributed by atoms with van der Waals surface area (Å²) in [6.07, 6.45) is -0.703. The zero-order valence-electron chi connectivity index (χ0n) is 14.7. The van der Waals surface area contributed by atoms with Gasteiger partial charge in [-0.25, -0.2) is 0 Å². The van der Waals surface area contributed by atoms with Crippen molar-refractivity contribution in [3.63, 3.8) is 0 Å². The van der Waals surface area contributed by atoms with E-state index in [0.29, 0.717) is 29.5 Å². The van der Waals surface area contributed by atoms with Crippen LogP contribution in [0.4, 0.5) is 5.69 Å². The first kappa shape index (κ1) is 18.4. The lowest BCUT2D eigenvalue weighted by atomic mass is 10.2. The van der Waals surface area contributed by atoms with Gasteiger partial charge in [0.05, 0.1) is 12.8 Å². The second kappa shape index (κ2) is 8.78. The third kappa shape index (κ3) is 5.28. The molecular formula is C20H23NO4. The molecule has 0 saturated carbocycles. The minimum Gasteiger partial charge on any atom is -0.493 e. The Morgan fingerprint density at radius 1 is 1.08 bits per heavy atom. The number of carbonyl (C=O) groups excluding carboxylic acids is 1. The van der Waals surface area contributed by atoms with Gasteiger partial charge in [-0.2, -0.15) is 0 Å². The molecule has 25 heavy (non-hydrogen) atoms. The first-order chi connectivity index (χ1) is 12.0. The van der Waals surface area contributed by atoms with Gasteiger partial charge in [0.1, 0.15) is 12.4 Å². The fraction of sp³-hybridized carbons (Fsp3) is 0.250. The van der Waals surface area contributed by atoms with E-state index >= 15 is 0 Å². The van der Waals surface area contributed by atoms with E-state index in [-0.39, 0.29) is 5.91 Å². The minimum absolute atomic E-state index is 0.280. The summed E-state index contributed by atoms with van der Waals surface area (Å²) in [6, 6.07) is 14.4. The molecule has 0 saturated heterocycles. The zero-order chi connectivity index (χ0) is 18.2. The number of anilines is 1. The van der Waals surface area contributed by atoms with Crippen molar-refractivity contribution in [3.05, 3.63) is 60.7 Å². The predicted octanol–water partition coefficient (Wildman–Crippen LogP) is 4.06. The molecule has 1 amide bonds. The van der Waals surface area contributed by atoms with E-state index < -0.39 is 6.10 Å². The summed E-state index contributed by atoms with van der Waals surface area (Å²) in [4.78, 5) is 12.5. The van der Waals surface area contributed by atoms with Crippen LogP contribution in [0.3, 0.4) is 0 Å². The molecule has 1 atom stereocenters. The Morgan fingerprint density at radius 2 is 1.68 bits per heavy atom. The standard InChI is InChI=1S/C20H23NO4/c1-14(2)13-24-17-10-6-5-9-16(17)21-20(22)15(3)25-19-12-8-7-11-18(19)23-4/h5-12,15H,1,13H2,2-4H3,(H,21,22). The lowest BCUT2D eigenvalue weighted by Crippen LogP contribution is -2.30. The highest BCUT2D eigenvalue weighted by molar-refractivity contribution is 5.95. The van der Waals surface area contributed by atoms with E-state index in [1.807, 2.05) is 31.2 Å². The fourth-order valence-corrected chi connectivity index (χ4v) is 2.09. The monoisotopic (exact) mass is 341 g/mol. The second-order valence-corrected chi connectivity index (χ2v) is 5.64. The Bertz CT molecular complexity index is 742. The van der Waals surface area contributed by atoms with Gasteiger partial charge in [0.2, 0.25) is 0 Å². The van der Waals surface area contributed by atoms with Gasteiger partial charge < -0.3 is 19.5 Å². The van der Waals surface area contributed by atoms with Crippen LogP contribution in [0, 0.1) is 0 Å². The number of para-hydroxylation sites is 4. The molecule has 1 unspecified atom stereocenters. The van der Waals surface area contributed by atoms with Crippen LogP contribution in [0.15, 0.2) is 60.7 Å². The Morgan fingerprint density at radius 3 is 2.32 bits per heavy atom. The van der Waals surface area contributed by atoms with E-state index in [1.54, 1.807) is 38.3 Å². The van der Waals surface area contributed by atoms with Crippen LogP contribution >= 0.6 is 0 Å². The van der Waals surface area contributed by atoms with Crippen LogP contribution in [0.2, 0.25) is 0 Å². The summed E-state index contributed by atoms with van der Waals surface area (Å²) < 4.78 is 16.6. The molecule has 132 valence electrons. The average Bonchev–Trinajstić information content (AvgIpc) is 2.61. The van der Waals surface area contributed by atoms with Gasteiger partial charge in [0.15, 0.2) is 17.6 Å². The van der Waals surface area contributed by atoms with E-state index in [4.69, 9.17) is 14.2 Å². The highest BCUT2D eigenvalue weighted by Crippen LogP contribution is 2.28. The van der Waals surface area contributed by atoms with E-state index in [1.165, 1.54) is 0 Å². The Balaban J connectivity index is 2.05. The van der Waals surface area contributed by atoms with E-state index in [2.05, 4.69) is 11.9 Å². The third-order valence-electron chi connectivity index (χ3n) is 3.36. The first-order valence-corrected chi connectivity index (χ1v) is 7.98. The molecule has 0 aliphatic heterocycles. The Labute approximate surface area is 148 Å². The van der Waals surface area contributed by atoms with E-state index in [9.17, 15) is 4.79 Å². The van der Waals surface area contributed by atoms with Crippen LogP contribution in [0.1, 0.15) is 13.8 Å². The molecule has 0 bridgehead atoms. The average molecular weight is 341 g/mol. The molecule has 2 rings (SSSR count). The number of benzene rings is 2. The smallest absolute Gasteiger partial charge is 0.265 e. The van der Waals surface area contributed by atoms with Crippen LogP contribution in [0.5, 0.6) is 17.2 Å². The van der Waals surface area contributed by atoms with E-state index in [0.717, 1.165) is 5.57 Å². The molecule has 2 aromatic carbocycles. The van der Waals surface area contributed by atoms with Crippen molar-refractivity contribution in [3.8, 4) is 17.2 Å². The van der Waals surface area contributed by atoms with Crippen LogP contribution in [0.25, 0.3) is 0 Å². The molecule has 5 heteroatoms. The van der Waals surface area contributed by atoms with Crippen molar-refractivity contribution in [2.24, 2.45) is 0 Å². The minimum atomic E-state index is -0.703. The largest absolute Gasteiger partial charge is 0.493 e. The highest BCUT2D eigenvalue weighted by atomic mass is 16.5. The van der Waals surface area contributed by atoms with Crippen molar-refractivity contribution in [1.82, 2.24) is 0 Å². The van der Waals surface area contributed by atoms with Crippen molar-refractivity contribution in [2.75, 3.05) is 19.0 Å². The highest BCUT2D eigenvalue weighted by Gasteiger charge is 2.18. The summed E-state index contributed by atoms with van der Waals surface area (Å²) >= 11 is 0. The second-order valence-electron chi connectivity index (χ2n) is 5.64. The van der Waals surface area contributed by atoms with Crippen LogP contribution < -0.4 is 19.5 Å². The molecule has 0 aliphatic carbocycles. The van der Waals surface area contributed by atoms with Crippen molar-refractivity contribution in [1.29, 1.82) is 0 Å². The van der Waals surface area contributed by atoms with Gasteiger partial charge in [0, 0.05) is 0 Å². The number of nitrogens with one attached hydrogen (secondary N) is 1. The molecular weight excluding hydrogens is 318 g/mol. The van der Waals surface area contributed by atoms with Gasteiger partial charge >= 0.3 is 0 Å². The van der Waals surface area contributed by atoms with Crippen LogP contribution in [-0.2, 0) is 4.79 Å². The molecule has 5 nitrogen and oxygen atoms in total.